The predicted molar refractivity (Wildman–Crippen MR) is 137 cm³/mol. The lowest BCUT2D eigenvalue weighted by atomic mass is 10.0. The second kappa shape index (κ2) is 11.7. The third kappa shape index (κ3) is 7.34. The molecule has 38 heavy (non-hydrogen) atoms. The number of hydrogen-bond acceptors (Lipinski definition) is 5. The molecule has 6 nitrogen and oxygen atoms in total. The summed E-state index contributed by atoms with van der Waals surface area (Å²) in [5.41, 5.74) is 1.51. The minimum atomic E-state index is -4.39. The molecule has 0 aliphatic carbocycles. The van der Waals surface area contributed by atoms with E-state index in [1.54, 1.807) is 63.9 Å². The molecule has 0 aliphatic heterocycles. The average Bonchev–Trinajstić information content (AvgIpc) is 2.86. The van der Waals surface area contributed by atoms with Crippen molar-refractivity contribution < 1.29 is 32.2 Å². The Kier molecular flexibility index (Phi) is 8.81. The van der Waals surface area contributed by atoms with E-state index in [1.165, 1.54) is 12.1 Å². The zero-order valence-corrected chi connectivity index (χ0v) is 22.1. The molecule has 1 amide bonds. The molecule has 3 aromatic rings. The molecule has 0 saturated heterocycles. The van der Waals surface area contributed by atoms with Crippen LogP contribution < -0.4 is 4.74 Å². The van der Waals surface area contributed by atoms with Crippen LogP contribution in [0.1, 0.15) is 43.2 Å². The van der Waals surface area contributed by atoms with Crippen molar-refractivity contribution >= 4 is 11.9 Å². The number of nitrogens with zero attached hydrogens (tertiary/aromatic N) is 2. The van der Waals surface area contributed by atoms with Gasteiger partial charge in [0, 0.05) is 24.8 Å². The zero-order valence-electron chi connectivity index (χ0n) is 22.1. The third-order valence-corrected chi connectivity index (χ3v) is 5.95. The first-order valence-electron chi connectivity index (χ1n) is 12.1. The minimum absolute atomic E-state index is 0.110. The highest BCUT2D eigenvalue weighted by Crippen LogP contribution is 2.31. The van der Waals surface area contributed by atoms with Gasteiger partial charge in [-0.05, 0) is 69.2 Å². The number of likely N-dealkylation sites (N-methyl/N-ethyl adjacent to an activating group) is 1. The second-order valence-electron chi connectivity index (χ2n) is 9.42. The molecular weight excluding hydrogens is 497 g/mol. The van der Waals surface area contributed by atoms with Gasteiger partial charge in [0.1, 0.15) is 5.75 Å². The molecule has 0 radical (unpaired) electrons. The number of carbonyl (C=O) groups excluding carboxylic acids is 2. The Morgan fingerprint density at radius 1 is 0.947 bits per heavy atom. The van der Waals surface area contributed by atoms with Crippen LogP contribution in [0.5, 0.6) is 5.75 Å². The lowest BCUT2D eigenvalue weighted by Crippen LogP contribution is -2.39. The van der Waals surface area contributed by atoms with E-state index in [0.29, 0.717) is 29.2 Å². The Hall–Kier alpha value is -3.88. The molecule has 3 rings (SSSR count). The van der Waals surface area contributed by atoms with Gasteiger partial charge in [0.25, 0.3) is 0 Å². The molecule has 0 bridgehead atoms. The van der Waals surface area contributed by atoms with Gasteiger partial charge in [-0.15, -0.1) is 0 Å². The van der Waals surface area contributed by atoms with Crippen molar-refractivity contribution in [3.63, 3.8) is 0 Å². The van der Waals surface area contributed by atoms with Gasteiger partial charge in [-0.25, -0.2) is 4.79 Å². The van der Waals surface area contributed by atoms with Crippen molar-refractivity contribution in [3.05, 3.63) is 83.0 Å². The van der Waals surface area contributed by atoms with Crippen molar-refractivity contribution in [1.82, 2.24) is 9.88 Å². The maximum atomic E-state index is 12.9. The van der Waals surface area contributed by atoms with Gasteiger partial charge in [0.15, 0.2) is 5.60 Å². The molecule has 202 valence electrons. The number of rotatable bonds is 9. The van der Waals surface area contributed by atoms with Crippen LogP contribution in [0.4, 0.5) is 13.2 Å². The van der Waals surface area contributed by atoms with Crippen LogP contribution in [-0.2, 0) is 33.5 Å². The van der Waals surface area contributed by atoms with E-state index in [-0.39, 0.29) is 18.9 Å². The summed E-state index contributed by atoms with van der Waals surface area (Å²) >= 11 is 0. The first kappa shape index (κ1) is 28.7. The fourth-order valence-corrected chi connectivity index (χ4v) is 3.73. The SMILES string of the molecule is CCOC(=O)C(C)(C)Oc1ccc(CN(C)C(=O)Cc2ccc(-c3ccc(C(F)(F)F)cc3)nc2C)cc1. The molecule has 0 atom stereocenters. The van der Waals surface area contributed by atoms with Gasteiger partial charge in [-0.1, -0.05) is 30.3 Å². The number of halogens is 3. The molecule has 2 aromatic carbocycles. The third-order valence-electron chi connectivity index (χ3n) is 5.95. The number of alkyl halides is 3. The Bertz CT molecular complexity index is 1270. The highest BCUT2D eigenvalue weighted by Gasteiger charge is 2.32. The van der Waals surface area contributed by atoms with E-state index in [4.69, 9.17) is 9.47 Å². The van der Waals surface area contributed by atoms with Gasteiger partial charge in [-0.2, -0.15) is 13.2 Å². The monoisotopic (exact) mass is 528 g/mol. The van der Waals surface area contributed by atoms with Crippen LogP contribution in [0.15, 0.2) is 60.7 Å². The van der Waals surface area contributed by atoms with Gasteiger partial charge in [0.05, 0.1) is 24.3 Å². The summed E-state index contributed by atoms with van der Waals surface area (Å²) in [5.74, 6) is -0.0526. The second-order valence-corrected chi connectivity index (χ2v) is 9.42. The van der Waals surface area contributed by atoms with Gasteiger partial charge in [0.2, 0.25) is 5.91 Å². The average molecular weight is 529 g/mol. The number of amides is 1. The number of hydrogen-bond donors (Lipinski definition) is 0. The van der Waals surface area contributed by atoms with Crippen molar-refractivity contribution in [2.24, 2.45) is 0 Å². The topological polar surface area (TPSA) is 68.7 Å². The number of esters is 1. The fourth-order valence-electron chi connectivity index (χ4n) is 3.73. The maximum absolute atomic E-state index is 12.9. The number of benzene rings is 2. The molecule has 0 saturated carbocycles. The maximum Gasteiger partial charge on any atom is 0.416 e. The Labute approximate surface area is 220 Å². The number of aryl methyl sites for hydroxylation is 1. The molecule has 0 aliphatic rings. The van der Waals surface area contributed by atoms with Crippen molar-refractivity contribution in [2.75, 3.05) is 13.7 Å². The predicted octanol–water partition coefficient (Wildman–Crippen LogP) is 6.00. The van der Waals surface area contributed by atoms with E-state index in [1.807, 2.05) is 12.1 Å². The van der Waals surface area contributed by atoms with Crippen LogP contribution in [0, 0.1) is 6.92 Å². The smallest absolute Gasteiger partial charge is 0.416 e. The molecule has 0 spiro atoms. The summed E-state index contributed by atoms with van der Waals surface area (Å²) < 4.78 is 49.3. The van der Waals surface area contributed by atoms with Crippen LogP contribution >= 0.6 is 0 Å². The van der Waals surface area contributed by atoms with Crippen LogP contribution in [0.3, 0.4) is 0 Å². The van der Waals surface area contributed by atoms with Crippen LogP contribution in [-0.4, -0.2) is 41.0 Å². The van der Waals surface area contributed by atoms with E-state index < -0.39 is 23.3 Å². The summed E-state index contributed by atoms with van der Waals surface area (Å²) in [7, 11) is 1.70. The van der Waals surface area contributed by atoms with Gasteiger partial charge >= 0.3 is 12.1 Å². The summed E-state index contributed by atoms with van der Waals surface area (Å²) in [6, 6.07) is 15.4. The molecule has 9 heteroatoms. The fraction of sp³-hybridized carbons (Fsp3) is 0.345. The lowest BCUT2D eigenvalue weighted by molar-refractivity contribution is -0.158. The van der Waals surface area contributed by atoms with Crippen molar-refractivity contribution in [1.29, 1.82) is 0 Å². The van der Waals surface area contributed by atoms with Crippen molar-refractivity contribution in [2.45, 2.75) is 52.4 Å². The molecule has 1 heterocycles. The summed E-state index contributed by atoms with van der Waals surface area (Å²) in [4.78, 5) is 31.0. The first-order valence-corrected chi connectivity index (χ1v) is 12.1. The van der Waals surface area contributed by atoms with Gasteiger partial charge in [-0.3, -0.25) is 9.78 Å². The zero-order chi connectivity index (χ0) is 28.1. The van der Waals surface area contributed by atoms with Crippen LogP contribution in [0.25, 0.3) is 11.3 Å². The van der Waals surface area contributed by atoms with Crippen LogP contribution in [0.2, 0.25) is 0 Å². The lowest BCUT2D eigenvalue weighted by Gasteiger charge is -2.24. The normalized spacial score (nSPS) is 11.7. The quantitative estimate of drug-likeness (QED) is 0.319. The minimum Gasteiger partial charge on any atom is -0.476 e. The number of pyridine rings is 1. The molecule has 0 N–H and O–H groups in total. The molecule has 0 unspecified atom stereocenters. The molecule has 1 aromatic heterocycles. The Morgan fingerprint density at radius 2 is 1.58 bits per heavy atom. The highest BCUT2D eigenvalue weighted by atomic mass is 19.4. The number of aromatic nitrogens is 1. The van der Waals surface area contributed by atoms with E-state index in [9.17, 15) is 22.8 Å². The molecule has 0 fully saturated rings. The summed E-state index contributed by atoms with van der Waals surface area (Å²) in [6.45, 7) is 7.42. The standard InChI is InChI=1S/C29H31F3N2O4/c1-6-37-27(36)28(3,4)38-24-14-7-20(8-15-24)18-34(5)26(35)17-22-11-16-25(33-19(22)2)21-9-12-23(13-10-21)29(30,31)32/h7-16H,6,17-18H2,1-5H3. The summed E-state index contributed by atoms with van der Waals surface area (Å²) in [5, 5.41) is 0. The summed E-state index contributed by atoms with van der Waals surface area (Å²) in [6.07, 6.45) is -4.26. The number of carbonyl (C=O) groups is 2. The van der Waals surface area contributed by atoms with E-state index in [0.717, 1.165) is 23.3 Å². The van der Waals surface area contributed by atoms with Gasteiger partial charge < -0.3 is 14.4 Å². The Morgan fingerprint density at radius 3 is 2.13 bits per heavy atom. The van der Waals surface area contributed by atoms with Crippen molar-refractivity contribution in [3.8, 4) is 17.0 Å². The van der Waals surface area contributed by atoms with E-state index >= 15 is 0 Å². The Balaban J connectivity index is 1.60. The molecular formula is C29H31F3N2O4. The van der Waals surface area contributed by atoms with E-state index in [2.05, 4.69) is 4.98 Å². The number of ether oxygens (including phenoxy) is 2. The first-order chi connectivity index (χ1) is 17.8. The largest absolute Gasteiger partial charge is 0.476 e. The highest BCUT2D eigenvalue weighted by molar-refractivity contribution is 5.79.